The van der Waals surface area contributed by atoms with Gasteiger partial charge >= 0.3 is 0 Å². The van der Waals surface area contributed by atoms with Crippen LogP contribution >= 0.6 is 0 Å². The molecule has 0 unspecified atom stereocenters. The molecule has 0 spiro atoms. The van der Waals surface area contributed by atoms with Crippen LogP contribution in [0.15, 0.2) is 261 Å². The Bertz CT molecular complexity index is 7080. The third-order valence-corrected chi connectivity index (χ3v) is 24.6. The molecule has 15 heteroatoms. The molecule has 9 aromatic heterocycles. The number of benzene rings is 8. The summed E-state index contributed by atoms with van der Waals surface area (Å²) in [5.41, 5.74) is 26.9. The maximum Gasteiger partial charge on any atom is 0.136 e. The van der Waals surface area contributed by atoms with Crippen molar-refractivity contribution in [3.05, 3.63) is 335 Å². The number of nitrogens with zero attached hydrogens (tertiary/aromatic N) is 9. The number of aromatic nitrogens is 9. The van der Waals surface area contributed by atoms with Gasteiger partial charge in [0.2, 0.25) is 0 Å². The van der Waals surface area contributed by atoms with E-state index in [4.69, 9.17) is 15.0 Å². The molecule has 0 bridgehead atoms. The van der Waals surface area contributed by atoms with E-state index in [1.807, 2.05) is 122 Å². The Balaban J connectivity index is 0.000000179. The fourth-order valence-corrected chi connectivity index (χ4v) is 17.5. The van der Waals surface area contributed by atoms with Gasteiger partial charge in [0.15, 0.2) is 0 Å². The Hall–Kier alpha value is -11.3. The second-order valence-corrected chi connectivity index (χ2v) is 42.8. The van der Waals surface area contributed by atoms with E-state index in [9.17, 15) is 15.3 Å². The average molecular weight is 2300 g/mol. The molecule has 0 aliphatic carbocycles. The number of rotatable bonds is 11. The minimum absolute atomic E-state index is 0. The molecule has 0 atom stereocenters. The molecule has 17 aromatic rings. The van der Waals surface area contributed by atoms with Crippen LogP contribution in [-0.4, -0.2) is 58.9 Å². The molecular weight excluding hydrogens is 2180 g/mol. The van der Waals surface area contributed by atoms with Crippen LogP contribution in [0.2, 0.25) is 0 Å². The standard InChI is InChI=1S/C44H40N3O.C40H48N3O.C34H36N3O.3Pt/c1-43(2,3)32-27-34(42(48)35(28-32)44(4,5)6)37-21-15-22-39(46-37)47-38-26-31(36-20-13-14-25-45-36)23-24-33(38)40(29-16-9-7-10-17-29)41(47)30-18-11-8-12-19-30;1-37(2,3)26-23-28(35(44)29(24-26)38(4,5)6)31-17-15-18-33(42-31)43-32-22-25(30-16-13-14-21-41-30)19-20-27(32)34(39(7,8)9)36(43)40(10,11)12;1-21-22(2)37(30-18-23(15-16-25(21)30)28-12-9-10-17-35-28)31-14-11-13-29(36-31)26-19-24(33(3,4)5)20-27(32(26)38)34(6,7)8;;;/h7-25,27-28,48H,1-6H3;13-21,23-24,44H,1-12H3;9-17,19-20,38H,1-8H3;;;/q3*-1;;;. The van der Waals surface area contributed by atoms with Gasteiger partial charge in [-0.25, -0.2) is 15.0 Å². The molecule has 0 amide bonds. The molecule has 8 aromatic carbocycles. The van der Waals surface area contributed by atoms with E-state index in [1.54, 1.807) is 6.20 Å². The van der Waals surface area contributed by atoms with Gasteiger partial charge in [0.05, 0.1) is 22.8 Å². The number of phenols is 3. The summed E-state index contributed by atoms with van der Waals surface area (Å²) in [6.45, 7) is 57.0. The summed E-state index contributed by atoms with van der Waals surface area (Å²) in [6, 6.07) is 93.8. The van der Waals surface area contributed by atoms with Gasteiger partial charge in [-0.2, -0.15) is 0 Å². The van der Waals surface area contributed by atoms with E-state index < -0.39 is 0 Å². The van der Waals surface area contributed by atoms with Gasteiger partial charge in [0, 0.05) is 132 Å². The zero-order valence-electron chi connectivity index (χ0n) is 81.6. The molecule has 0 saturated carbocycles. The van der Waals surface area contributed by atoms with Crippen LogP contribution in [0.1, 0.15) is 222 Å². The van der Waals surface area contributed by atoms with E-state index in [1.165, 1.54) is 33.3 Å². The topological polar surface area (TPSA) is 153 Å². The first-order valence-electron chi connectivity index (χ1n) is 45.3. The Labute approximate surface area is 831 Å². The SMILES string of the molecule is CC(C)(C)c1cc(-c2cccc(-n3c(-c4ccccc4)c(-c4ccccc4)c4ccc(-c5ccccn5)[c-]c43)n2)c(O)c(C(C)(C)C)c1.CC(C)(C)c1cc(-c2cccc(-n3c(C(C)(C)C)c(C(C)(C)C)c4ccc(-c5ccccn5)[c-]c43)n2)c(O)c(C(C)(C)C)c1.Cc1c(C)n(-c2cccc(-c3cc(C(C)(C)C)cc(C(C)(C)C)c3O)n2)c2[c-]c(-c3ccccn3)ccc12.[Pt].[Pt].[Pt]. The smallest absolute Gasteiger partial charge is 0.136 e. The molecule has 692 valence electrons. The summed E-state index contributed by atoms with van der Waals surface area (Å²) >= 11 is 0. The maximum atomic E-state index is 11.8. The molecule has 17 rings (SSSR count). The summed E-state index contributed by atoms with van der Waals surface area (Å²) in [7, 11) is 0. The van der Waals surface area contributed by atoms with Crippen molar-refractivity contribution in [2.45, 2.75) is 223 Å². The third kappa shape index (κ3) is 20.9. The number of aromatic hydroxyl groups is 3. The van der Waals surface area contributed by atoms with Crippen LogP contribution in [0.3, 0.4) is 0 Å². The van der Waals surface area contributed by atoms with Crippen LogP contribution in [0, 0.1) is 32.0 Å². The molecule has 3 N–H and O–H groups in total. The van der Waals surface area contributed by atoms with Crippen molar-refractivity contribution in [3.63, 3.8) is 0 Å². The monoisotopic (exact) mass is 2300 g/mol. The molecule has 0 aliphatic rings. The van der Waals surface area contributed by atoms with Gasteiger partial charge in [-0.3, -0.25) is 0 Å². The van der Waals surface area contributed by atoms with Crippen molar-refractivity contribution in [2.24, 2.45) is 0 Å². The van der Waals surface area contributed by atoms with Gasteiger partial charge in [-0.1, -0.05) is 327 Å². The molecular formula is C118H124N9O3Pt3-3. The largest absolute Gasteiger partial charge is 0.507 e. The van der Waals surface area contributed by atoms with E-state index in [2.05, 4.69) is 360 Å². The van der Waals surface area contributed by atoms with Crippen molar-refractivity contribution in [1.82, 2.24) is 43.6 Å². The van der Waals surface area contributed by atoms with Crippen molar-refractivity contribution in [2.75, 3.05) is 0 Å². The van der Waals surface area contributed by atoms with Crippen molar-refractivity contribution >= 4 is 32.7 Å². The van der Waals surface area contributed by atoms with Crippen molar-refractivity contribution in [1.29, 1.82) is 0 Å². The average Bonchev–Trinajstić information content (AvgIpc) is 1.57. The Morgan fingerprint density at radius 3 is 0.932 bits per heavy atom. The molecule has 12 nitrogen and oxygen atoms in total. The first kappa shape index (κ1) is 101. The number of aryl methyl sites for hydroxylation is 1. The van der Waals surface area contributed by atoms with E-state index in [0.717, 1.165) is 157 Å². The Morgan fingerprint density at radius 2 is 0.594 bits per heavy atom. The number of fused-ring (bicyclic) bond motifs is 3. The number of phenolic OH excluding ortho intramolecular Hbond substituents is 3. The normalized spacial score (nSPS) is 12.2. The number of hydrogen-bond donors (Lipinski definition) is 3. The van der Waals surface area contributed by atoms with E-state index in [0.29, 0.717) is 17.2 Å². The van der Waals surface area contributed by atoms with Gasteiger partial charge in [-0.15, -0.1) is 71.3 Å². The second-order valence-electron chi connectivity index (χ2n) is 42.8. The zero-order valence-corrected chi connectivity index (χ0v) is 88.5. The van der Waals surface area contributed by atoms with Crippen LogP contribution in [0.5, 0.6) is 17.2 Å². The van der Waals surface area contributed by atoms with Crippen LogP contribution in [-0.2, 0) is 107 Å². The number of pyridine rings is 6. The zero-order chi connectivity index (χ0) is 93.4. The van der Waals surface area contributed by atoms with Gasteiger partial charge < -0.3 is 44.0 Å². The van der Waals surface area contributed by atoms with Gasteiger partial charge in [0.25, 0.3) is 0 Å². The molecule has 0 radical (unpaired) electrons. The first-order chi connectivity index (χ1) is 61.1. The maximum absolute atomic E-state index is 11.8. The Morgan fingerprint density at radius 1 is 0.278 bits per heavy atom. The minimum Gasteiger partial charge on any atom is -0.507 e. The van der Waals surface area contributed by atoms with Crippen LogP contribution in [0.25, 0.3) is 140 Å². The Kier molecular flexibility index (Phi) is 29.2. The summed E-state index contributed by atoms with van der Waals surface area (Å²) in [5.74, 6) is 3.21. The molecule has 0 fully saturated rings. The quantitative estimate of drug-likeness (QED) is 0.107. The van der Waals surface area contributed by atoms with Gasteiger partial charge in [-0.05, 0) is 192 Å². The molecule has 9 heterocycles. The fourth-order valence-electron chi connectivity index (χ4n) is 17.5. The molecule has 0 aliphatic heterocycles. The number of hydrogen-bond acceptors (Lipinski definition) is 9. The van der Waals surface area contributed by atoms with Crippen molar-refractivity contribution < 1.29 is 78.5 Å². The minimum atomic E-state index is -0.254. The van der Waals surface area contributed by atoms with E-state index in [-0.39, 0.29) is 112 Å². The van der Waals surface area contributed by atoms with Crippen LogP contribution < -0.4 is 0 Å². The fraction of sp³-hybridized carbons (Fsp3) is 0.288. The van der Waals surface area contributed by atoms with Crippen LogP contribution in [0.4, 0.5) is 0 Å². The summed E-state index contributed by atoms with van der Waals surface area (Å²) < 4.78 is 6.68. The summed E-state index contributed by atoms with van der Waals surface area (Å²) in [4.78, 5) is 29.5. The molecule has 0 saturated heterocycles. The van der Waals surface area contributed by atoms with E-state index >= 15 is 0 Å². The molecule has 133 heavy (non-hydrogen) atoms. The van der Waals surface area contributed by atoms with Gasteiger partial charge in [0.1, 0.15) is 34.7 Å². The summed E-state index contributed by atoms with van der Waals surface area (Å²) in [6.07, 6.45) is 5.44. The summed E-state index contributed by atoms with van der Waals surface area (Å²) in [5, 5.41) is 38.3. The predicted octanol–water partition coefficient (Wildman–Crippen LogP) is 30.1. The first-order valence-corrected chi connectivity index (χ1v) is 45.3. The predicted molar refractivity (Wildman–Crippen MR) is 541 cm³/mol. The van der Waals surface area contributed by atoms with Crippen molar-refractivity contribution in [3.8, 4) is 125 Å². The third-order valence-electron chi connectivity index (χ3n) is 24.6. The second kappa shape index (κ2) is 38.6.